The average molecular weight is 387 g/mol. The van der Waals surface area contributed by atoms with Crippen molar-refractivity contribution in [2.75, 3.05) is 18.4 Å². The predicted octanol–water partition coefficient (Wildman–Crippen LogP) is 3.94. The molecule has 0 bridgehead atoms. The van der Waals surface area contributed by atoms with E-state index in [2.05, 4.69) is 45.9 Å². The zero-order valence-electron chi connectivity index (χ0n) is 16.2. The fourth-order valence-corrected chi connectivity index (χ4v) is 3.96. The van der Waals surface area contributed by atoms with E-state index in [9.17, 15) is 4.79 Å². The Hall–Kier alpha value is -3.18. The van der Waals surface area contributed by atoms with Crippen molar-refractivity contribution in [1.29, 1.82) is 0 Å². The zero-order valence-corrected chi connectivity index (χ0v) is 16.2. The van der Waals surface area contributed by atoms with Crippen LogP contribution >= 0.6 is 0 Å². The lowest BCUT2D eigenvalue weighted by atomic mass is 9.86. The van der Waals surface area contributed by atoms with Crippen LogP contribution in [0.25, 0.3) is 0 Å². The summed E-state index contributed by atoms with van der Waals surface area (Å²) < 4.78 is 0. The lowest BCUT2D eigenvalue weighted by Crippen LogP contribution is -2.37. The van der Waals surface area contributed by atoms with Gasteiger partial charge in [-0.3, -0.25) is 4.98 Å². The minimum absolute atomic E-state index is 0.220. The number of aromatic nitrogens is 1. The molecule has 3 N–H and O–H groups in total. The van der Waals surface area contributed by atoms with E-state index in [4.69, 9.17) is 5.11 Å². The molecule has 0 unspecified atom stereocenters. The van der Waals surface area contributed by atoms with Gasteiger partial charge in [0.05, 0.1) is 16.9 Å². The van der Waals surface area contributed by atoms with Crippen molar-refractivity contribution in [3.63, 3.8) is 0 Å². The van der Waals surface area contributed by atoms with Gasteiger partial charge in [-0.05, 0) is 54.8 Å². The van der Waals surface area contributed by atoms with Crippen LogP contribution in [0.5, 0.6) is 0 Å². The number of fused-ring (bicyclic) bond motifs is 1. The van der Waals surface area contributed by atoms with Crippen LogP contribution in [-0.2, 0) is 12.8 Å². The summed E-state index contributed by atoms with van der Waals surface area (Å²) in [5.41, 5.74) is 4.98. The summed E-state index contributed by atoms with van der Waals surface area (Å²) in [5, 5.41) is 16.3. The normalized spacial score (nSPS) is 16.5. The molecule has 4 rings (SSSR count). The first-order chi connectivity index (χ1) is 14.2. The van der Waals surface area contributed by atoms with Crippen molar-refractivity contribution >= 4 is 11.7 Å². The SMILES string of the molecule is O=C(O)c1ccc(CCN[C@H](c2ccccc2)[C@H]2CNc3cccnc3C2)cc1. The maximum atomic E-state index is 11.0. The first-order valence-corrected chi connectivity index (χ1v) is 9.99. The number of rotatable bonds is 7. The molecule has 1 aromatic heterocycles. The first kappa shape index (κ1) is 19.2. The van der Waals surface area contributed by atoms with Crippen molar-refractivity contribution in [3.05, 3.63) is 95.3 Å². The van der Waals surface area contributed by atoms with Gasteiger partial charge in [0.1, 0.15) is 0 Å². The number of carboxylic acids is 1. The standard InChI is InChI=1S/C24H25N3O2/c28-24(29)19-10-8-17(9-11-19)12-14-26-23(18-5-2-1-3-6-18)20-15-22-21(27-16-20)7-4-13-25-22/h1-11,13,20,23,26-27H,12,14-16H2,(H,28,29)/t20-,23-/m1/s1. The van der Waals surface area contributed by atoms with E-state index in [1.165, 1.54) is 5.56 Å². The highest BCUT2D eigenvalue weighted by Gasteiger charge is 2.27. The molecule has 29 heavy (non-hydrogen) atoms. The molecule has 0 fully saturated rings. The smallest absolute Gasteiger partial charge is 0.335 e. The number of aromatic carboxylic acids is 1. The summed E-state index contributed by atoms with van der Waals surface area (Å²) in [6, 6.07) is 21.9. The Balaban J connectivity index is 1.45. The quantitative estimate of drug-likeness (QED) is 0.573. The Bertz CT molecular complexity index is 957. The number of carbonyl (C=O) groups is 1. The van der Waals surface area contributed by atoms with E-state index in [1.807, 2.05) is 30.5 Å². The van der Waals surface area contributed by atoms with Crippen molar-refractivity contribution in [2.24, 2.45) is 5.92 Å². The highest BCUT2D eigenvalue weighted by Crippen LogP contribution is 2.31. The molecule has 2 atom stereocenters. The second kappa shape index (κ2) is 8.88. The second-order valence-electron chi connectivity index (χ2n) is 7.44. The predicted molar refractivity (Wildman–Crippen MR) is 114 cm³/mol. The van der Waals surface area contributed by atoms with Crippen molar-refractivity contribution in [1.82, 2.24) is 10.3 Å². The number of pyridine rings is 1. The van der Waals surface area contributed by atoms with Gasteiger partial charge in [-0.25, -0.2) is 4.79 Å². The Morgan fingerprint density at radius 3 is 2.66 bits per heavy atom. The lowest BCUT2D eigenvalue weighted by Gasteiger charge is -2.33. The number of hydrogen-bond donors (Lipinski definition) is 3. The number of nitrogens with zero attached hydrogens (tertiary/aromatic N) is 1. The lowest BCUT2D eigenvalue weighted by molar-refractivity contribution is 0.0697. The fraction of sp³-hybridized carbons (Fsp3) is 0.250. The van der Waals surface area contributed by atoms with Crippen LogP contribution in [0.15, 0.2) is 72.9 Å². The Morgan fingerprint density at radius 2 is 1.90 bits per heavy atom. The maximum absolute atomic E-state index is 11.0. The van der Waals surface area contributed by atoms with E-state index in [0.29, 0.717) is 11.5 Å². The molecule has 0 radical (unpaired) electrons. The van der Waals surface area contributed by atoms with Gasteiger partial charge in [0.15, 0.2) is 0 Å². The third-order valence-corrected chi connectivity index (χ3v) is 5.51. The van der Waals surface area contributed by atoms with Crippen molar-refractivity contribution in [2.45, 2.75) is 18.9 Å². The van der Waals surface area contributed by atoms with Gasteiger partial charge in [0.25, 0.3) is 0 Å². The highest BCUT2D eigenvalue weighted by atomic mass is 16.4. The summed E-state index contributed by atoms with van der Waals surface area (Å²) in [5.74, 6) is -0.494. The first-order valence-electron chi connectivity index (χ1n) is 9.99. The van der Waals surface area contributed by atoms with E-state index in [1.54, 1.807) is 12.1 Å². The Morgan fingerprint density at radius 1 is 1.10 bits per heavy atom. The molecule has 0 saturated heterocycles. The molecule has 0 spiro atoms. The number of nitrogens with one attached hydrogen (secondary N) is 2. The molecular formula is C24H25N3O2. The molecule has 5 heteroatoms. The maximum Gasteiger partial charge on any atom is 0.335 e. The summed E-state index contributed by atoms with van der Waals surface area (Å²) in [6.45, 7) is 1.72. The fourth-order valence-electron chi connectivity index (χ4n) is 3.96. The molecule has 1 aliphatic heterocycles. The van der Waals surface area contributed by atoms with E-state index in [-0.39, 0.29) is 6.04 Å². The molecule has 0 aliphatic carbocycles. The second-order valence-corrected chi connectivity index (χ2v) is 7.44. The van der Waals surface area contributed by atoms with Crippen molar-refractivity contribution < 1.29 is 9.90 Å². The van der Waals surface area contributed by atoms with Crippen LogP contribution in [0, 0.1) is 5.92 Å². The molecule has 148 valence electrons. The number of benzene rings is 2. The van der Waals surface area contributed by atoms with Gasteiger partial charge < -0.3 is 15.7 Å². The van der Waals surface area contributed by atoms with Crippen LogP contribution in [0.2, 0.25) is 0 Å². The molecular weight excluding hydrogens is 362 g/mol. The van der Waals surface area contributed by atoms with Gasteiger partial charge in [0, 0.05) is 24.7 Å². The average Bonchev–Trinajstić information content (AvgIpc) is 2.77. The topological polar surface area (TPSA) is 74.2 Å². The van der Waals surface area contributed by atoms with Crippen LogP contribution in [0.4, 0.5) is 5.69 Å². The molecule has 3 aromatic rings. The van der Waals surface area contributed by atoms with Crippen molar-refractivity contribution in [3.8, 4) is 0 Å². The monoisotopic (exact) mass is 387 g/mol. The molecule has 2 aromatic carbocycles. The van der Waals surface area contributed by atoms with E-state index in [0.717, 1.165) is 42.9 Å². The summed E-state index contributed by atoms with van der Waals surface area (Å²) in [7, 11) is 0. The minimum atomic E-state index is -0.891. The van der Waals surface area contributed by atoms with Gasteiger partial charge >= 0.3 is 5.97 Å². The third-order valence-electron chi connectivity index (χ3n) is 5.51. The largest absolute Gasteiger partial charge is 0.478 e. The van der Waals surface area contributed by atoms with Crippen LogP contribution in [-0.4, -0.2) is 29.1 Å². The molecule has 5 nitrogen and oxygen atoms in total. The van der Waals surface area contributed by atoms with Gasteiger partial charge in [-0.2, -0.15) is 0 Å². The highest BCUT2D eigenvalue weighted by molar-refractivity contribution is 5.87. The summed E-state index contributed by atoms with van der Waals surface area (Å²) in [6.07, 6.45) is 3.63. The summed E-state index contributed by atoms with van der Waals surface area (Å²) >= 11 is 0. The van der Waals surface area contributed by atoms with Gasteiger partial charge in [0.2, 0.25) is 0 Å². The Kier molecular flexibility index (Phi) is 5.86. The van der Waals surface area contributed by atoms with Gasteiger partial charge in [-0.15, -0.1) is 0 Å². The van der Waals surface area contributed by atoms with Crippen LogP contribution < -0.4 is 10.6 Å². The Labute approximate surface area is 170 Å². The number of hydrogen-bond acceptors (Lipinski definition) is 4. The van der Waals surface area contributed by atoms with Crippen LogP contribution in [0.1, 0.15) is 33.2 Å². The molecule has 2 heterocycles. The number of anilines is 1. The number of carboxylic acid groups (broad SMARTS) is 1. The van der Waals surface area contributed by atoms with E-state index < -0.39 is 5.97 Å². The zero-order chi connectivity index (χ0) is 20.1. The minimum Gasteiger partial charge on any atom is -0.478 e. The van der Waals surface area contributed by atoms with E-state index >= 15 is 0 Å². The third kappa shape index (κ3) is 4.63. The molecule has 0 saturated carbocycles. The van der Waals surface area contributed by atoms with Gasteiger partial charge in [-0.1, -0.05) is 42.5 Å². The van der Waals surface area contributed by atoms with Crippen LogP contribution in [0.3, 0.4) is 0 Å². The summed E-state index contributed by atoms with van der Waals surface area (Å²) in [4.78, 5) is 15.6. The molecule has 1 aliphatic rings. The molecule has 0 amide bonds.